The Hall–Kier alpha value is -5.16. The quantitative estimate of drug-likeness (QED) is 0.0575. The van der Waals surface area contributed by atoms with Crippen LogP contribution >= 0.6 is 0 Å². The van der Waals surface area contributed by atoms with Crippen LogP contribution in [-0.2, 0) is 23.9 Å². The fraction of sp³-hybridized carbons (Fsp3) is 0.590. The largest absolute Gasteiger partial charge is 0.494 e. The van der Waals surface area contributed by atoms with Crippen LogP contribution in [0.15, 0.2) is 36.4 Å². The third-order valence-corrected chi connectivity index (χ3v) is 9.50. The zero-order chi connectivity index (χ0) is 41.7. The summed E-state index contributed by atoms with van der Waals surface area (Å²) >= 11 is 0. The second-order valence-corrected chi connectivity index (χ2v) is 15.6. The topological polar surface area (TPSA) is 228 Å². The van der Waals surface area contributed by atoms with Gasteiger partial charge in [-0.15, -0.1) is 0 Å². The van der Waals surface area contributed by atoms with E-state index in [1.54, 1.807) is 20.8 Å². The Morgan fingerprint density at radius 2 is 1.38 bits per heavy atom. The predicted octanol–water partition coefficient (Wildman–Crippen LogP) is 5.58. The van der Waals surface area contributed by atoms with Gasteiger partial charge in [0, 0.05) is 47.5 Å². The van der Waals surface area contributed by atoms with Gasteiger partial charge in [0.05, 0.1) is 47.4 Å². The molecule has 3 unspecified atom stereocenters. The van der Waals surface area contributed by atoms with Gasteiger partial charge in [-0.25, -0.2) is 0 Å². The molecular weight excluding hydrogens is 730 g/mol. The number of nitrogens with one attached hydrogen (secondary N) is 3. The van der Waals surface area contributed by atoms with Crippen molar-refractivity contribution in [2.45, 2.75) is 92.4 Å². The number of hydrogen-bond donors (Lipinski definition) is 3. The number of aldehydes is 1. The molecule has 3 N–H and O–H groups in total. The van der Waals surface area contributed by atoms with Gasteiger partial charge in [-0.05, 0) is 77.1 Å². The minimum absolute atomic E-state index is 0.105. The number of carbonyl (C=O) groups is 4. The lowest BCUT2D eigenvalue weighted by atomic mass is 9.67. The summed E-state index contributed by atoms with van der Waals surface area (Å²) in [4.78, 5) is 73.6. The van der Waals surface area contributed by atoms with Gasteiger partial charge in [-0.3, -0.25) is 39.4 Å². The Morgan fingerprint density at radius 3 is 1.88 bits per heavy atom. The van der Waals surface area contributed by atoms with E-state index in [1.807, 2.05) is 27.7 Å². The van der Waals surface area contributed by atoms with Gasteiger partial charge in [-0.1, -0.05) is 27.7 Å². The van der Waals surface area contributed by atoms with Crippen LogP contribution in [0.4, 0.5) is 11.4 Å². The number of amides is 3. The first-order chi connectivity index (χ1) is 26.3. The van der Waals surface area contributed by atoms with E-state index in [0.29, 0.717) is 44.5 Å². The predicted molar refractivity (Wildman–Crippen MR) is 205 cm³/mol. The van der Waals surface area contributed by atoms with Crippen molar-refractivity contribution in [3.63, 3.8) is 0 Å². The molecule has 3 atom stereocenters. The van der Waals surface area contributed by atoms with Crippen LogP contribution in [0.25, 0.3) is 0 Å². The molecule has 308 valence electrons. The molecule has 1 saturated heterocycles. The molecule has 0 aromatic heterocycles. The third-order valence-electron chi connectivity index (χ3n) is 9.50. The normalized spacial score (nSPS) is 15.8. The molecule has 17 heteroatoms. The van der Waals surface area contributed by atoms with Gasteiger partial charge in [0.1, 0.15) is 11.5 Å². The van der Waals surface area contributed by atoms with E-state index in [0.717, 1.165) is 0 Å². The maximum absolute atomic E-state index is 14.0. The standard InChI is InChI=1S/C39H55N5O12/c1-8-38(6,35(47)40-15-9-17-53-28-11-13-31(43(49)50)27(21-28)24-45)25-39(7,23-26(2)33(46)42-37(3,4)5)36(48)41-16-10-18-54-29-12-14-32(44(51)52)30(22-29)34-55-19-20-56-34/h11-14,21-22,24,26,34H,8-10,15-20,23,25H2,1-7H3,(H,40,47)(H,41,48)(H,42,46). The van der Waals surface area contributed by atoms with Gasteiger partial charge in [0.25, 0.3) is 11.4 Å². The Labute approximate surface area is 326 Å². The van der Waals surface area contributed by atoms with Crippen molar-refractivity contribution in [2.75, 3.05) is 39.5 Å². The third kappa shape index (κ3) is 13.0. The molecule has 1 aliphatic heterocycles. The van der Waals surface area contributed by atoms with E-state index in [2.05, 4.69) is 16.0 Å². The zero-order valence-electron chi connectivity index (χ0n) is 33.3. The first kappa shape index (κ1) is 45.2. The Kier molecular flexibility index (Phi) is 16.3. The molecule has 0 saturated carbocycles. The second kappa shape index (κ2) is 20.1. The highest BCUT2D eigenvalue weighted by Crippen LogP contribution is 2.42. The minimum Gasteiger partial charge on any atom is -0.494 e. The molecule has 3 rings (SSSR count). The van der Waals surface area contributed by atoms with Gasteiger partial charge in [0.15, 0.2) is 12.6 Å². The summed E-state index contributed by atoms with van der Waals surface area (Å²) in [6.45, 7) is 14.3. The summed E-state index contributed by atoms with van der Waals surface area (Å²) in [6.07, 6.45) is 1.04. The number of benzene rings is 2. The van der Waals surface area contributed by atoms with Crippen LogP contribution < -0.4 is 25.4 Å². The number of nitro groups is 2. The maximum Gasteiger partial charge on any atom is 0.280 e. The van der Waals surface area contributed by atoms with Crippen LogP contribution in [-0.4, -0.2) is 78.9 Å². The first-order valence-corrected chi connectivity index (χ1v) is 18.7. The maximum atomic E-state index is 14.0. The number of nitro benzene ring substituents is 2. The SMILES string of the molecule is CCC(C)(CC(C)(CC(C)C(=O)NC(C)(C)C)C(=O)NCCCOc1ccc([N+](=O)[O-])c(C2OCCO2)c1)C(=O)NCCCOc1ccc([N+](=O)[O-])c(C=O)c1. The van der Waals surface area contributed by atoms with E-state index < -0.39 is 38.4 Å². The van der Waals surface area contributed by atoms with Crippen molar-refractivity contribution in [1.82, 2.24) is 16.0 Å². The van der Waals surface area contributed by atoms with Crippen LogP contribution in [0.2, 0.25) is 0 Å². The van der Waals surface area contributed by atoms with Crippen LogP contribution in [0.5, 0.6) is 11.5 Å². The number of carbonyl (C=O) groups excluding carboxylic acids is 4. The highest BCUT2D eigenvalue weighted by atomic mass is 16.7. The molecule has 0 bridgehead atoms. The molecule has 17 nitrogen and oxygen atoms in total. The lowest BCUT2D eigenvalue weighted by Crippen LogP contribution is -2.50. The fourth-order valence-electron chi connectivity index (χ4n) is 6.49. The Balaban J connectivity index is 1.63. The summed E-state index contributed by atoms with van der Waals surface area (Å²) in [5.41, 5.74) is -2.92. The molecule has 1 aliphatic rings. The summed E-state index contributed by atoms with van der Waals surface area (Å²) < 4.78 is 22.4. The second-order valence-electron chi connectivity index (χ2n) is 15.6. The first-order valence-electron chi connectivity index (χ1n) is 18.7. The summed E-state index contributed by atoms with van der Waals surface area (Å²) in [7, 11) is 0. The lowest BCUT2D eigenvalue weighted by molar-refractivity contribution is -0.386. The molecule has 1 heterocycles. The number of hydrogen-bond acceptors (Lipinski definition) is 12. The van der Waals surface area contributed by atoms with Crippen molar-refractivity contribution in [2.24, 2.45) is 16.7 Å². The summed E-state index contributed by atoms with van der Waals surface area (Å²) in [5, 5.41) is 31.5. The van der Waals surface area contributed by atoms with Crippen molar-refractivity contribution in [1.29, 1.82) is 0 Å². The minimum atomic E-state index is -1.14. The monoisotopic (exact) mass is 785 g/mol. The molecule has 2 aromatic rings. The van der Waals surface area contributed by atoms with Crippen molar-refractivity contribution >= 4 is 35.4 Å². The van der Waals surface area contributed by atoms with E-state index in [1.165, 1.54) is 36.4 Å². The molecule has 0 aliphatic carbocycles. The Morgan fingerprint density at radius 1 is 0.857 bits per heavy atom. The van der Waals surface area contributed by atoms with Crippen molar-refractivity contribution in [3.8, 4) is 11.5 Å². The molecule has 2 aromatic carbocycles. The number of ether oxygens (including phenoxy) is 4. The molecule has 0 spiro atoms. The fourth-order valence-corrected chi connectivity index (χ4v) is 6.49. The van der Waals surface area contributed by atoms with Crippen molar-refractivity contribution in [3.05, 3.63) is 67.8 Å². The summed E-state index contributed by atoms with van der Waals surface area (Å²) in [6, 6.07) is 8.22. The van der Waals surface area contributed by atoms with Crippen LogP contribution in [0, 0.1) is 37.0 Å². The smallest absolute Gasteiger partial charge is 0.280 e. The average Bonchev–Trinajstić information content (AvgIpc) is 3.68. The molecule has 1 fully saturated rings. The van der Waals surface area contributed by atoms with E-state index in [-0.39, 0.29) is 85.1 Å². The van der Waals surface area contributed by atoms with Crippen LogP contribution in [0.3, 0.4) is 0 Å². The molecular formula is C39H55N5O12. The molecule has 0 radical (unpaired) electrons. The van der Waals surface area contributed by atoms with E-state index in [4.69, 9.17) is 18.9 Å². The highest BCUT2D eigenvalue weighted by Gasteiger charge is 2.45. The van der Waals surface area contributed by atoms with Gasteiger partial charge >= 0.3 is 0 Å². The van der Waals surface area contributed by atoms with Gasteiger partial charge < -0.3 is 34.9 Å². The van der Waals surface area contributed by atoms with Gasteiger partial charge in [-0.2, -0.15) is 0 Å². The van der Waals surface area contributed by atoms with Gasteiger partial charge in [0.2, 0.25) is 17.7 Å². The zero-order valence-corrected chi connectivity index (χ0v) is 33.3. The number of nitrogens with zero attached hydrogens (tertiary/aromatic N) is 2. The van der Waals surface area contributed by atoms with E-state index in [9.17, 15) is 39.4 Å². The molecule has 3 amide bonds. The summed E-state index contributed by atoms with van der Waals surface area (Å²) in [5.74, 6) is -0.692. The Bertz CT molecular complexity index is 1720. The van der Waals surface area contributed by atoms with Crippen molar-refractivity contribution < 1.29 is 48.0 Å². The number of rotatable bonds is 22. The van der Waals surface area contributed by atoms with E-state index >= 15 is 0 Å². The van der Waals surface area contributed by atoms with Crippen LogP contribution in [0.1, 0.15) is 103 Å². The molecule has 56 heavy (non-hydrogen) atoms. The average molecular weight is 786 g/mol. The highest BCUT2D eigenvalue weighted by molar-refractivity contribution is 5.87. The lowest BCUT2D eigenvalue weighted by Gasteiger charge is -2.39.